The summed E-state index contributed by atoms with van der Waals surface area (Å²) in [5.74, 6) is 0.576. The molecule has 1 amide bonds. The zero-order chi connectivity index (χ0) is 22.8. The van der Waals surface area contributed by atoms with Crippen LogP contribution in [0, 0.1) is 13.8 Å². The van der Waals surface area contributed by atoms with Gasteiger partial charge in [-0.1, -0.05) is 30.4 Å². The highest BCUT2D eigenvalue weighted by molar-refractivity contribution is 8.26. The molecule has 2 aromatic rings. The van der Waals surface area contributed by atoms with Crippen LogP contribution in [-0.4, -0.2) is 44.1 Å². The second-order valence-electron chi connectivity index (χ2n) is 7.74. The fourth-order valence-electron chi connectivity index (χ4n) is 3.91. The summed E-state index contributed by atoms with van der Waals surface area (Å²) >= 11 is 6.73. The monoisotopic (exact) mass is 472 g/mol. The van der Waals surface area contributed by atoms with Crippen molar-refractivity contribution in [1.29, 1.82) is 0 Å². The number of carbonyl (C=O) groups is 2. The van der Waals surface area contributed by atoms with E-state index in [2.05, 4.69) is 10.6 Å². The maximum Gasteiger partial charge on any atom is 0.303 e. The van der Waals surface area contributed by atoms with Gasteiger partial charge in [0, 0.05) is 36.1 Å². The molecule has 2 aliphatic rings. The minimum atomic E-state index is -0.795. The minimum absolute atomic E-state index is 0.0916. The lowest BCUT2D eigenvalue weighted by molar-refractivity contribution is -0.137. The van der Waals surface area contributed by atoms with Crippen LogP contribution < -0.4 is 9.47 Å². The summed E-state index contributed by atoms with van der Waals surface area (Å²) in [5, 5.41) is 8.73. The van der Waals surface area contributed by atoms with E-state index < -0.39 is 5.97 Å². The van der Waals surface area contributed by atoms with Crippen molar-refractivity contribution in [2.75, 3.05) is 13.3 Å². The largest absolute Gasteiger partial charge is 0.481 e. The molecule has 7 nitrogen and oxygen atoms in total. The van der Waals surface area contributed by atoms with Crippen LogP contribution in [0.1, 0.15) is 42.6 Å². The number of carboxylic acid groups (broad SMARTS) is 1. The Morgan fingerprint density at radius 3 is 2.75 bits per heavy atom. The minimum Gasteiger partial charge on any atom is -0.481 e. The summed E-state index contributed by atoms with van der Waals surface area (Å²) in [4.78, 5) is 25.8. The molecular formula is C23H24N2O5S2. The summed E-state index contributed by atoms with van der Waals surface area (Å²) in [6.07, 6.45) is 4.13. The molecule has 2 aliphatic heterocycles. The highest BCUT2D eigenvalue weighted by atomic mass is 32.2. The van der Waals surface area contributed by atoms with E-state index >= 15 is 0 Å². The zero-order valence-electron chi connectivity index (χ0n) is 17.9. The van der Waals surface area contributed by atoms with Crippen molar-refractivity contribution in [3.8, 4) is 17.2 Å². The second kappa shape index (κ2) is 9.38. The first-order chi connectivity index (χ1) is 15.3. The van der Waals surface area contributed by atoms with Gasteiger partial charge in [0.1, 0.15) is 4.32 Å². The molecule has 4 rings (SSSR count). The Kier molecular flexibility index (Phi) is 6.57. The molecule has 1 fully saturated rings. The van der Waals surface area contributed by atoms with E-state index in [-0.39, 0.29) is 19.1 Å². The van der Waals surface area contributed by atoms with Gasteiger partial charge >= 0.3 is 5.97 Å². The average Bonchev–Trinajstić information content (AvgIpc) is 3.39. The lowest BCUT2D eigenvalue weighted by Gasteiger charge is -2.13. The Hall–Kier alpha value is -2.78. The number of aromatic nitrogens is 1. The maximum absolute atomic E-state index is 12.9. The third-order valence-corrected chi connectivity index (χ3v) is 6.89. The molecule has 0 bridgehead atoms. The molecule has 0 radical (unpaired) electrons. The van der Waals surface area contributed by atoms with Crippen LogP contribution in [0.4, 0.5) is 0 Å². The van der Waals surface area contributed by atoms with Crippen molar-refractivity contribution in [3.05, 3.63) is 46.1 Å². The van der Waals surface area contributed by atoms with Crippen molar-refractivity contribution in [1.82, 2.24) is 9.47 Å². The Labute approximate surface area is 196 Å². The van der Waals surface area contributed by atoms with Gasteiger partial charge in [-0.2, -0.15) is 0 Å². The normalized spacial score (nSPS) is 16.4. The van der Waals surface area contributed by atoms with E-state index in [4.69, 9.17) is 26.8 Å². The number of benzene rings is 1. The number of unbranched alkanes of at least 4 members (excludes halogenated alkanes) is 2. The number of aliphatic carboxylic acids is 1. The smallest absolute Gasteiger partial charge is 0.303 e. The van der Waals surface area contributed by atoms with Crippen molar-refractivity contribution < 1.29 is 24.2 Å². The number of thiocarbonyl (C=S) groups is 1. The van der Waals surface area contributed by atoms with Gasteiger partial charge in [0.2, 0.25) is 6.79 Å². The lowest BCUT2D eigenvalue weighted by Crippen LogP contribution is -2.29. The summed E-state index contributed by atoms with van der Waals surface area (Å²) < 4.78 is 13.6. The van der Waals surface area contributed by atoms with Crippen molar-refractivity contribution >= 4 is 46.3 Å². The number of rotatable bonds is 8. The van der Waals surface area contributed by atoms with Gasteiger partial charge in [-0.05, 0) is 56.5 Å². The first-order valence-corrected chi connectivity index (χ1v) is 11.6. The number of hydrogen-bond donors (Lipinski definition) is 1. The van der Waals surface area contributed by atoms with Crippen LogP contribution >= 0.6 is 24.0 Å². The molecule has 9 heteroatoms. The first kappa shape index (κ1) is 22.4. The van der Waals surface area contributed by atoms with E-state index in [1.807, 2.05) is 38.1 Å². The number of aryl methyl sites for hydroxylation is 1. The Bertz CT molecular complexity index is 1120. The molecule has 1 aromatic carbocycles. The van der Waals surface area contributed by atoms with Crippen molar-refractivity contribution in [3.63, 3.8) is 0 Å². The Balaban J connectivity index is 1.49. The van der Waals surface area contributed by atoms with E-state index in [0.717, 1.165) is 47.0 Å². The Morgan fingerprint density at radius 1 is 1.19 bits per heavy atom. The summed E-state index contributed by atoms with van der Waals surface area (Å²) in [5.41, 5.74) is 3.99. The fourth-order valence-corrected chi connectivity index (χ4v) is 5.21. The number of carboxylic acids is 1. The molecule has 1 aromatic heterocycles. The van der Waals surface area contributed by atoms with Crippen molar-refractivity contribution in [2.45, 2.75) is 39.5 Å². The number of nitrogens with zero attached hydrogens (tertiary/aromatic N) is 2. The number of thioether (sulfide) groups is 1. The van der Waals surface area contributed by atoms with Gasteiger partial charge < -0.3 is 19.1 Å². The molecule has 1 saturated heterocycles. The summed E-state index contributed by atoms with van der Waals surface area (Å²) in [7, 11) is 0. The molecule has 0 unspecified atom stereocenters. The van der Waals surface area contributed by atoms with Crippen LogP contribution in [0.25, 0.3) is 11.8 Å². The third kappa shape index (κ3) is 4.54. The van der Waals surface area contributed by atoms with Gasteiger partial charge in [-0.15, -0.1) is 0 Å². The van der Waals surface area contributed by atoms with Crippen LogP contribution in [0.2, 0.25) is 0 Å². The van der Waals surface area contributed by atoms with E-state index in [0.29, 0.717) is 22.2 Å². The van der Waals surface area contributed by atoms with Gasteiger partial charge in [0.15, 0.2) is 11.5 Å². The average molecular weight is 473 g/mol. The van der Waals surface area contributed by atoms with Crippen molar-refractivity contribution in [2.24, 2.45) is 0 Å². The van der Waals surface area contributed by atoms with Crippen LogP contribution in [0.5, 0.6) is 11.5 Å². The molecule has 0 saturated carbocycles. The molecular weight excluding hydrogens is 448 g/mol. The standard InChI is InChI=1S/C23H24N2O5S2/c1-14-10-16(15(2)25(14)17-7-8-18-19(12-17)30-13-29-18)11-20-22(28)24(23(31)32-20)9-5-3-4-6-21(26)27/h7-8,10-12H,3-6,9,13H2,1-2H3,(H,26,27)/b20-11-. The summed E-state index contributed by atoms with van der Waals surface area (Å²) in [6.45, 7) is 4.79. The molecule has 0 atom stereocenters. The quantitative estimate of drug-likeness (QED) is 0.340. The molecule has 0 aliphatic carbocycles. The van der Waals surface area contributed by atoms with Gasteiger partial charge in [0.25, 0.3) is 5.91 Å². The maximum atomic E-state index is 12.9. The Morgan fingerprint density at radius 2 is 1.97 bits per heavy atom. The highest BCUT2D eigenvalue weighted by Gasteiger charge is 2.31. The molecule has 1 N–H and O–H groups in total. The SMILES string of the molecule is Cc1cc(/C=C2\SC(=S)N(CCCCCC(=O)O)C2=O)c(C)n1-c1ccc2c(c1)OCO2. The van der Waals surface area contributed by atoms with E-state index in [1.165, 1.54) is 11.8 Å². The predicted molar refractivity (Wildman–Crippen MR) is 127 cm³/mol. The zero-order valence-corrected chi connectivity index (χ0v) is 19.6. The van der Waals surface area contributed by atoms with E-state index in [9.17, 15) is 9.59 Å². The fraction of sp³-hybridized carbons (Fsp3) is 0.348. The second-order valence-corrected chi connectivity index (χ2v) is 9.41. The number of carbonyl (C=O) groups excluding carboxylic acids is 1. The molecule has 0 spiro atoms. The van der Waals surface area contributed by atoms with Gasteiger partial charge in [-0.25, -0.2) is 0 Å². The lowest BCUT2D eigenvalue weighted by atomic mass is 10.2. The molecule has 168 valence electrons. The van der Waals surface area contributed by atoms with Gasteiger partial charge in [0.05, 0.1) is 4.91 Å². The third-order valence-electron chi connectivity index (χ3n) is 5.52. The summed E-state index contributed by atoms with van der Waals surface area (Å²) in [6, 6.07) is 7.90. The number of amides is 1. The number of fused-ring (bicyclic) bond motifs is 1. The highest BCUT2D eigenvalue weighted by Crippen LogP contribution is 2.37. The molecule has 32 heavy (non-hydrogen) atoms. The van der Waals surface area contributed by atoms with E-state index in [1.54, 1.807) is 4.90 Å². The van der Waals surface area contributed by atoms with Crippen LogP contribution in [-0.2, 0) is 9.59 Å². The topological polar surface area (TPSA) is 81.0 Å². The predicted octanol–water partition coefficient (Wildman–Crippen LogP) is 4.67. The van der Waals surface area contributed by atoms with Gasteiger partial charge in [-0.3, -0.25) is 14.5 Å². The van der Waals surface area contributed by atoms with Crippen LogP contribution in [0.3, 0.4) is 0 Å². The number of hydrogen-bond acceptors (Lipinski definition) is 6. The first-order valence-electron chi connectivity index (χ1n) is 10.4. The molecule has 3 heterocycles. The number of ether oxygens (including phenoxy) is 2. The van der Waals surface area contributed by atoms with Crippen LogP contribution in [0.15, 0.2) is 29.2 Å².